The van der Waals surface area contributed by atoms with Crippen LogP contribution in [0.1, 0.15) is 10.6 Å². The lowest BCUT2D eigenvalue weighted by Crippen LogP contribution is -2.36. The van der Waals surface area contributed by atoms with Crippen molar-refractivity contribution in [2.75, 3.05) is 20.6 Å². The van der Waals surface area contributed by atoms with Crippen molar-refractivity contribution in [2.45, 2.75) is 13.1 Å². The van der Waals surface area contributed by atoms with Gasteiger partial charge in [-0.1, -0.05) is 41.4 Å². The van der Waals surface area contributed by atoms with E-state index in [2.05, 4.69) is 4.98 Å². The van der Waals surface area contributed by atoms with Gasteiger partial charge in [0.25, 0.3) is 0 Å². The lowest BCUT2D eigenvalue weighted by Gasteiger charge is -2.21. The highest BCUT2D eigenvalue weighted by Crippen LogP contribution is 2.23. The quantitative estimate of drug-likeness (QED) is 0.594. The van der Waals surface area contributed by atoms with E-state index in [-0.39, 0.29) is 5.91 Å². The van der Waals surface area contributed by atoms with E-state index in [0.29, 0.717) is 29.7 Å². The van der Waals surface area contributed by atoms with Crippen LogP contribution in [0.4, 0.5) is 0 Å². The summed E-state index contributed by atoms with van der Waals surface area (Å²) in [6.45, 7) is 1.39. The van der Waals surface area contributed by atoms with Crippen LogP contribution >= 0.6 is 34.5 Å². The summed E-state index contributed by atoms with van der Waals surface area (Å²) in [5.41, 5.74) is 1.92. The molecule has 7 heteroatoms. The molecule has 0 unspecified atom stereocenters. The Morgan fingerprint density at radius 3 is 2.62 bits per heavy atom. The first-order valence-electron chi connectivity index (χ1n) is 8.13. The lowest BCUT2D eigenvalue weighted by atomic mass is 10.2. The summed E-state index contributed by atoms with van der Waals surface area (Å²) >= 11 is 13.7. The van der Waals surface area contributed by atoms with Gasteiger partial charge in [0.05, 0.1) is 23.3 Å². The second-order valence-electron chi connectivity index (χ2n) is 6.23. The van der Waals surface area contributed by atoms with Crippen molar-refractivity contribution in [3.05, 3.63) is 63.1 Å². The minimum Gasteiger partial charge on any atom is -0.338 e. The van der Waals surface area contributed by atoms with Crippen molar-refractivity contribution in [1.82, 2.24) is 14.8 Å². The molecule has 26 heavy (non-hydrogen) atoms. The number of rotatable bonds is 6. The Labute approximate surface area is 167 Å². The number of halogens is 2. The van der Waals surface area contributed by atoms with Crippen LogP contribution in [0.2, 0.25) is 10.0 Å². The standard InChI is InChI=1S/C19H19Cl2N3OS/c1-23(10-13-7-8-14(20)9-15(13)21)12-19(25)24(2)11-18-22-16-5-3-4-6-17(16)26-18/h3-9H,10-12H2,1-2H3. The van der Waals surface area contributed by atoms with Crippen molar-refractivity contribution in [3.63, 3.8) is 0 Å². The second-order valence-corrected chi connectivity index (χ2v) is 8.19. The molecule has 3 rings (SSSR count). The van der Waals surface area contributed by atoms with Gasteiger partial charge >= 0.3 is 0 Å². The molecular weight excluding hydrogens is 389 g/mol. The van der Waals surface area contributed by atoms with Crippen LogP contribution in [0.3, 0.4) is 0 Å². The van der Waals surface area contributed by atoms with Gasteiger partial charge in [0, 0.05) is 23.6 Å². The third-order valence-corrected chi connectivity index (χ3v) is 5.61. The number of aromatic nitrogens is 1. The summed E-state index contributed by atoms with van der Waals surface area (Å²) in [5, 5.41) is 2.15. The maximum atomic E-state index is 12.5. The molecule has 4 nitrogen and oxygen atoms in total. The minimum absolute atomic E-state index is 0.0387. The number of likely N-dealkylation sites (N-methyl/N-ethyl adjacent to an activating group) is 2. The highest BCUT2D eigenvalue weighted by molar-refractivity contribution is 7.18. The molecule has 136 valence electrons. The molecule has 0 bridgehead atoms. The highest BCUT2D eigenvalue weighted by Gasteiger charge is 2.15. The van der Waals surface area contributed by atoms with Gasteiger partial charge in [0.1, 0.15) is 5.01 Å². The molecule has 0 radical (unpaired) electrons. The molecule has 1 heterocycles. The maximum Gasteiger partial charge on any atom is 0.236 e. The van der Waals surface area contributed by atoms with Gasteiger partial charge in [-0.3, -0.25) is 9.69 Å². The first kappa shape index (κ1) is 19.1. The number of benzene rings is 2. The first-order valence-corrected chi connectivity index (χ1v) is 9.70. The molecule has 0 fully saturated rings. The number of hydrogen-bond acceptors (Lipinski definition) is 4. The molecule has 0 aliphatic carbocycles. The molecule has 0 saturated carbocycles. The predicted octanol–water partition coefficient (Wildman–Crippen LogP) is 4.69. The van der Waals surface area contributed by atoms with E-state index < -0.39 is 0 Å². The van der Waals surface area contributed by atoms with Gasteiger partial charge in [-0.2, -0.15) is 0 Å². The summed E-state index contributed by atoms with van der Waals surface area (Å²) in [6, 6.07) is 13.4. The number of carbonyl (C=O) groups excluding carboxylic acids is 1. The molecule has 1 amide bonds. The van der Waals surface area contributed by atoms with Crippen molar-refractivity contribution < 1.29 is 4.79 Å². The van der Waals surface area contributed by atoms with Gasteiger partial charge in [-0.25, -0.2) is 4.98 Å². The summed E-state index contributed by atoms with van der Waals surface area (Å²) < 4.78 is 1.14. The Morgan fingerprint density at radius 1 is 1.12 bits per heavy atom. The Bertz CT molecular complexity index is 895. The van der Waals surface area contributed by atoms with Crippen LogP contribution in [0.15, 0.2) is 42.5 Å². The zero-order valence-corrected chi connectivity index (χ0v) is 16.9. The molecule has 2 aromatic carbocycles. The lowest BCUT2D eigenvalue weighted by molar-refractivity contribution is -0.131. The smallest absolute Gasteiger partial charge is 0.236 e. The largest absolute Gasteiger partial charge is 0.338 e. The third kappa shape index (κ3) is 4.74. The normalized spacial score (nSPS) is 11.3. The van der Waals surface area contributed by atoms with E-state index in [0.717, 1.165) is 20.8 Å². The van der Waals surface area contributed by atoms with E-state index in [9.17, 15) is 4.79 Å². The van der Waals surface area contributed by atoms with Crippen LogP contribution in [0, 0.1) is 0 Å². The molecule has 0 saturated heterocycles. The predicted molar refractivity (Wildman–Crippen MR) is 109 cm³/mol. The van der Waals surface area contributed by atoms with E-state index in [1.807, 2.05) is 42.3 Å². The molecule has 0 atom stereocenters. The Morgan fingerprint density at radius 2 is 1.88 bits per heavy atom. The van der Waals surface area contributed by atoms with Gasteiger partial charge in [0.15, 0.2) is 0 Å². The topological polar surface area (TPSA) is 36.4 Å². The van der Waals surface area contributed by atoms with Gasteiger partial charge in [-0.05, 0) is 36.9 Å². The van der Waals surface area contributed by atoms with Gasteiger partial charge in [0.2, 0.25) is 5.91 Å². The SMILES string of the molecule is CN(CC(=O)N(C)Cc1nc2ccccc2s1)Cc1ccc(Cl)cc1Cl. The number of para-hydroxylation sites is 1. The fourth-order valence-corrected chi connectivity index (χ4v) is 4.12. The van der Waals surface area contributed by atoms with Crippen molar-refractivity contribution >= 4 is 50.7 Å². The van der Waals surface area contributed by atoms with Crippen LogP contribution in [-0.4, -0.2) is 41.3 Å². The fourth-order valence-electron chi connectivity index (χ4n) is 2.63. The average Bonchev–Trinajstić information content (AvgIpc) is 2.99. The first-order chi connectivity index (χ1) is 12.4. The number of amides is 1. The number of fused-ring (bicyclic) bond motifs is 1. The summed E-state index contributed by atoms with van der Waals surface area (Å²) in [7, 11) is 3.70. The average molecular weight is 408 g/mol. The Balaban J connectivity index is 1.57. The number of nitrogens with zero attached hydrogens (tertiary/aromatic N) is 3. The fraction of sp³-hybridized carbons (Fsp3) is 0.263. The van der Waals surface area contributed by atoms with Crippen molar-refractivity contribution in [2.24, 2.45) is 0 Å². The highest BCUT2D eigenvalue weighted by atomic mass is 35.5. The van der Waals surface area contributed by atoms with Crippen LogP contribution in [-0.2, 0) is 17.9 Å². The van der Waals surface area contributed by atoms with E-state index in [1.54, 1.807) is 35.4 Å². The summed E-state index contributed by atoms with van der Waals surface area (Å²) in [4.78, 5) is 20.7. The van der Waals surface area contributed by atoms with E-state index >= 15 is 0 Å². The molecule has 1 aromatic heterocycles. The van der Waals surface area contributed by atoms with E-state index in [4.69, 9.17) is 23.2 Å². The van der Waals surface area contributed by atoms with Crippen LogP contribution in [0.5, 0.6) is 0 Å². The van der Waals surface area contributed by atoms with Gasteiger partial charge < -0.3 is 4.90 Å². The minimum atomic E-state index is 0.0387. The Hall–Kier alpha value is -1.66. The van der Waals surface area contributed by atoms with Gasteiger partial charge in [-0.15, -0.1) is 11.3 Å². The summed E-state index contributed by atoms with van der Waals surface area (Å²) in [5.74, 6) is 0.0387. The van der Waals surface area contributed by atoms with Crippen LogP contribution in [0.25, 0.3) is 10.2 Å². The molecule has 3 aromatic rings. The molecule has 0 spiro atoms. The monoisotopic (exact) mass is 407 g/mol. The van der Waals surface area contributed by atoms with Crippen molar-refractivity contribution in [1.29, 1.82) is 0 Å². The molecular formula is C19H19Cl2N3OS. The third-order valence-electron chi connectivity index (χ3n) is 4.00. The van der Waals surface area contributed by atoms with E-state index in [1.165, 1.54) is 0 Å². The number of hydrogen-bond donors (Lipinski definition) is 0. The Kier molecular flexibility index (Phi) is 6.14. The summed E-state index contributed by atoms with van der Waals surface area (Å²) in [6.07, 6.45) is 0. The molecule has 0 N–H and O–H groups in total. The molecule has 0 aliphatic rings. The van der Waals surface area contributed by atoms with Crippen molar-refractivity contribution in [3.8, 4) is 0 Å². The number of thiazole rings is 1. The maximum absolute atomic E-state index is 12.5. The second kappa shape index (κ2) is 8.35. The molecule has 0 aliphatic heterocycles. The van der Waals surface area contributed by atoms with Crippen LogP contribution < -0.4 is 0 Å². The zero-order valence-electron chi connectivity index (χ0n) is 14.6. The number of carbonyl (C=O) groups is 1. The zero-order chi connectivity index (χ0) is 18.7.